The molecule has 2 unspecified atom stereocenters. The summed E-state index contributed by atoms with van der Waals surface area (Å²) in [4.78, 5) is 0. The minimum absolute atomic E-state index is 0.0291. The zero-order valence-corrected chi connectivity index (χ0v) is 18.9. The molecule has 1 heterocycles. The molecule has 3 aliphatic rings. The molecule has 4 nitrogen and oxygen atoms in total. The molecule has 31 heavy (non-hydrogen) atoms. The van der Waals surface area contributed by atoms with Crippen molar-refractivity contribution in [3.8, 4) is 0 Å². The first-order valence-electron chi connectivity index (χ1n) is 11.7. The van der Waals surface area contributed by atoms with E-state index in [4.69, 9.17) is 8.92 Å². The molecule has 0 amide bonds. The molecule has 2 aromatic carbocycles. The Balaban J connectivity index is 1.58. The van der Waals surface area contributed by atoms with E-state index in [-0.39, 0.29) is 5.92 Å². The molecule has 1 saturated heterocycles. The Labute approximate surface area is 186 Å². The first-order valence-corrected chi connectivity index (χ1v) is 13.2. The molecule has 2 saturated carbocycles. The van der Waals surface area contributed by atoms with Crippen molar-refractivity contribution in [3.63, 3.8) is 0 Å². The molecule has 0 spiro atoms. The van der Waals surface area contributed by atoms with Crippen LogP contribution in [-0.4, -0.2) is 26.1 Å². The number of ether oxygens (including phenoxy) is 1. The predicted octanol–water partition coefficient (Wildman–Crippen LogP) is 5.78. The second-order valence-corrected chi connectivity index (χ2v) is 11.3. The summed E-state index contributed by atoms with van der Waals surface area (Å²) in [6, 6.07) is 20.9. The zero-order chi connectivity index (χ0) is 21.4. The number of rotatable bonds is 6. The Bertz CT molecular complexity index is 931. The summed E-state index contributed by atoms with van der Waals surface area (Å²) in [6.45, 7) is 0.538. The lowest BCUT2D eigenvalue weighted by Crippen LogP contribution is -2.49. The highest BCUT2D eigenvalue weighted by atomic mass is 32.2. The monoisotopic (exact) mass is 440 g/mol. The zero-order valence-electron chi connectivity index (χ0n) is 18.0. The molecule has 5 heteroatoms. The van der Waals surface area contributed by atoms with E-state index in [1.807, 2.05) is 12.1 Å². The van der Waals surface area contributed by atoms with Crippen molar-refractivity contribution in [2.45, 2.75) is 74.7 Å². The highest BCUT2D eigenvalue weighted by Crippen LogP contribution is 2.64. The van der Waals surface area contributed by atoms with Crippen molar-refractivity contribution in [2.75, 3.05) is 6.61 Å². The average Bonchev–Trinajstić information content (AvgIpc) is 3.30. The van der Waals surface area contributed by atoms with Gasteiger partial charge in [0, 0.05) is 17.8 Å². The molecule has 2 atom stereocenters. The van der Waals surface area contributed by atoms with Crippen molar-refractivity contribution in [2.24, 2.45) is 5.41 Å². The van der Waals surface area contributed by atoms with Gasteiger partial charge in [-0.05, 0) is 43.2 Å². The largest absolute Gasteiger partial charge is 0.348 e. The molecule has 166 valence electrons. The summed E-state index contributed by atoms with van der Waals surface area (Å²) in [5.74, 6) is -1.04. The van der Waals surface area contributed by atoms with Crippen LogP contribution in [0.2, 0.25) is 0 Å². The summed E-state index contributed by atoms with van der Waals surface area (Å²) in [7, 11) is -3.69. The van der Waals surface area contributed by atoms with E-state index in [2.05, 4.69) is 48.5 Å². The molecule has 0 aromatic heterocycles. The number of hydrogen-bond acceptors (Lipinski definition) is 4. The summed E-state index contributed by atoms with van der Waals surface area (Å²) in [6.07, 6.45) is 7.70. The van der Waals surface area contributed by atoms with Crippen molar-refractivity contribution in [1.82, 2.24) is 0 Å². The maximum absolute atomic E-state index is 13.4. The van der Waals surface area contributed by atoms with Gasteiger partial charge in [0.25, 0.3) is 10.1 Å². The quantitative estimate of drug-likeness (QED) is 0.534. The van der Waals surface area contributed by atoms with E-state index in [1.54, 1.807) is 0 Å². The van der Waals surface area contributed by atoms with Gasteiger partial charge in [-0.1, -0.05) is 79.9 Å². The van der Waals surface area contributed by atoms with Crippen LogP contribution in [0.15, 0.2) is 60.7 Å². The Kier molecular flexibility index (Phi) is 5.70. The lowest BCUT2D eigenvalue weighted by atomic mass is 9.64. The van der Waals surface area contributed by atoms with Gasteiger partial charge in [0.2, 0.25) is 0 Å². The fourth-order valence-electron chi connectivity index (χ4n) is 6.39. The van der Waals surface area contributed by atoms with Gasteiger partial charge in [-0.3, -0.25) is 0 Å². The van der Waals surface area contributed by atoms with Gasteiger partial charge in [0.15, 0.2) is 5.79 Å². The van der Waals surface area contributed by atoms with E-state index in [1.165, 1.54) is 11.1 Å². The van der Waals surface area contributed by atoms with Gasteiger partial charge in [0.1, 0.15) is 0 Å². The maximum atomic E-state index is 13.4. The van der Waals surface area contributed by atoms with Crippen LogP contribution in [0.4, 0.5) is 0 Å². The number of benzene rings is 2. The summed E-state index contributed by atoms with van der Waals surface area (Å²) >= 11 is 0. The Hall–Kier alpha value is -1.69. The lowest BCUT2D eigenvalue weighted by molar-refractivity contribution is -0.192. The third-order valence-electron chi connectivity index (χ3n) is 7.80. The Morgan fingerprint density at radius 3 is 2.03 bits per heavy atom. The fourth-order valence-corrected chi connectivity index (χ4v) is 8.11. The first-order chi connectivity index (χ1) is 15.1. The molecule has 1 aliphatic heterocycles. The standard InChI is InChI=1S/C26H32O4S/c27-31(28,23-15-8-3-9-16-23)30-26-18-10-17-25(26,19-20-29-26)24(21-11-4-1-5-12-21)22-13-6-2-7-14-22/h1-2,4-7,11-14,23-24H,3,8-10,15-20H2. The van der Waals surface area contributed by atoms with Crippen LogP contribution in [-0.2, 0) is 19.0 Å². The van der Waals surface area contributed by atoms with Gasteiger partial charge >= 0.3 is 0 Å². The Morgan fingerprint density at radius 2 is 1.42 bits per heavy atom. The predicted molar refractivity (Wildman–Crippen MR) is 121 cm³/mol. The van der Waals surface area contributed by atoms with E-state index >= 15 is 0 Å². The van der Waals surface area contributed by atoms with Gasteiger partial charge < -0.3 is 4.74 Å². The molecule has 5 rings (SSSR count). The second-order valence-electron chi connectivity index (χ2n) is 9.45. The fraction of sp³-hybridized carbons (Fsp3) is 0.538. The van der Waals surface area contributed by atoms with Crippen LogP contribution in [0.25, 0.3) is 0 Å². The maximum Gasteiger partial charge on any atom is 0.272 e. The van der Waals surface area contributed by atoms with E-state index in [0.29, 0.717) is 25.9 Å². The molecule has 0 bridgehead atoms. The third kappa shape index (κ3) is 3.65. The average molecular weight is 441 g/mol. The van der Waals surface area contributed by atoms with E-state index in [9.17, 15) is 8.42 Å². The van der Waals surface area contributed by atoms with E-state index in [0.717, 1.165) is 38.5 Å². The van der Waals surface area contributed by atoms with Crippen LogP contribution < -0.4 is 0 Å². The molecular weight excluding hydrogens is 408 g/mol. The smallest absolute Gasteiger partial charge is 0.272 e. The van der Waals surface area contributed by atoms with Crippen LogP contribution in [0.3, 0.4) is 0 Å². The summed E-state index contributed by atoms with van der Waals surface area (Å²) in [5.41, 5.74) is 2.01. The van der Waals surface area contributed by atoms with Crippen molar-refractivity contribution in [1.29, 1.82) is 0 Å². The first kappa shape index (κ1) is 21.2. The molecular formula is C26H32O4S. The highest BCUT2D eigenvalue weighted by molar-refractivity contribution is 7.87. The van der Waals surface area contributed by atoms with Gasteiger partial charge in [0.05, 0.1) is 11.9 Å². The highest BCUT2D eigenvalue weighted by Gasteiger charge is 2.66. The van der Waals surface area contributed by atoms with Crippen LogP contribution in [0, 0.1) is 5.41 Å². The van der Waals surface area contributed by atoms with Crippen molar-refractivity contribution >= 4 is 10.1 Å². The molecule has 2 aliphatic carbocycles. The molecule has 0 radical (unpaired) electrons. The van der Waals surface area contributed by atoms with Gasteiger partial charge in [-0.15, -0.1) is 0 Å². The summed E-state index contributed by atoms with van der Waals surface area (Å²) < 4.78 is 39.4. The summed E-state index contributed by atoms with van der Waals surface area (Å²) in [5, 5.41) is -0.398. The minimum atomic E-state index is -3.69. The topological polar surface area (TPSA) is 52.6 Å². The van der Waals surface area contributed by atoms with Crippen LogP contribution in [0.1, 0.15) is 74.8 Å². The molecule has 3 fully saturated rings. The van der Waals surface area contributed by atoms with Gasteiger partial charge in [-0.2, -0.15) is 8.42 Å². The number of hydrogen-bond donors (Lipinski definition) is 0. The van der Waals surface area contributed by atoms with Crippen molar-refractivity contribution < 1.29 is 17.3 Å². The normalized spacial score (nSPS) is 29.3. The van der Waals surface area contributed by atoms with Gasteiger partial charge in [-0.25, -0.2) is 4.18 Å². The molecule has 2 aromatic rings. The SMILES string of the molecule is O=S(=O)(OC12CCCC1(C(c1ccccc1)c1ccccc1)CCO2)C1CCCCC1. The Morgan fingerprint density at radius 1 is 0.806 bits per heavy atom. The van der Waals surface area contributed by atoms with Crippen molar-refractivity contribution in [3.05, 3.63) is 71.8 Å². The van der Waals surface area contributed by atoms with E-state index < -0.39 is 26.6 Å². The molecule has 0 N–H and O–H groups in total. The second kappa shape index (κ2) is 8.34. The van der Waals surface area contributed by atoms with Crippen LogP contribution >= 0.6 is 0 Å². The number of fused-ring (bicyclic) bond motifs is 1. The van der Waals surface area contributed by atoms with Crippen LogP contribution in [0.5, 0.6) is 0 Å². The minimum Gasteiger partial charge on any atom is -0.348 e. The lowest BCUT2D eigenvalue weighted by Gasteiger charge is -2.44. The third-order valence-corrected chi connectivity index (χ3v) is 9.59.